The maximum Gasteiger partial charge on any atom is 0.0994 e. The van der Waals surface area contributed by atoms with Gasteiger partial charge in [0.05, 0.1) is 4.44 Å². The standard InChI is InChI=1S/C12H11PS4/c14-13(17-15,11-7-3-1-4-8-11)16-12-9-5-2-6-10-12/h1-10,15H. The third-order valence-corrected chi connectivity index (χ3v) is 14.8. The van der Waals surface area contributed by atoms with E-state index in [-0.39, 0.29) is 0 Å². The zero-order valence-electron chi connectivity index (χ0n) is 8.89. The summed E-state index contributed by atoms with van der Waals surface area (Å²) in [4.78, 5) is 1.21. The molecule has 0 saturated carbocycles. The fraction of sp³-hybridized carbons (Fsp3) is 0. The van der Waals surface area contributed by atoms with Gasteiger partial charge in [-0.2, -0.15) is 0 Å². The molecule has 1 unspecified atom stereocenters. The van der Waals surface area contributed by atoms with Crippen LogP contribution in [-0.4, -0.2) is 0 Å². The van der Waals surface area contributed by atoms with Gasteiger partial charge in [0.1, 0.15) is 0 Å². The zero-order chi connectivity index (χ0) is 12.1. The predicted octanol–water partition coefficient (Wildman–Crippen LogP) is 4.99. The Kier molecular flexibility index (Phi) is 5.07. The Morgan fingerprint density at radius 2 is 1.41 bits per heavy atom. The van der Waals surface area contributed by atoms with Crippen molar-refractivity contribution in [1.82, 2.24) is 0 Å². The van der Waals surface area contributed by atoms with Crippen molar-refractivity contribution in [3.63, 3.8) is 0 Å². The zero-order valence-corrected chi connectivity index (χ0v) is 13.1. The second-order valence-corrected chi connectivity index (χ2v) is 15.2. The molecule has 0 aliphatic rings. The summed E-state index contributed by atoms with van der Waals surface area (Å²) < 4.78 is -1.74. The van der Waals surface area contributed by atoms with Crippen molar-refractivity contribution >= 4 is 55.0 Å². The van der Waals surface area contributed by atoms with E-state index >= 15 is 0 Å². The minimum atomic E-state index is -1.74. The normalized spacial score (nSPS) is 14.2. The molecule has 0 radical (unpaired) electrons. The van der Waals surface area contributed by atoms with E-state index in [1.165, 1.54) is 20.6 Å². The number of hydrogen-bond donors (Lipinski definition) is 1. The molecule has 0 heterocycles. The molecule has 0 N–H and O–H groups in total. The molecule has 0 saturated heterocycles. The van der Waals surface area contributed by atoms with Gasteiger partial charge in [-0.1, -0.05) is 71.7 Å². The van der Waals surface area contributed by atoms with E-state index in [2.05, 4.69) is 35.9 Å². The van der Waals surface area contributed by atoms with E-state index in [4.69, 9.17) is 11.8 Å². The lowest BCUT2D eigenvalue weighted by atomic mass is 10.4. The van der Waals surface area contributed by atoms with Crippen LogP contribution in [0.25, 0.3) is 0 Å². The summed E-state index contributed by atoms with van der Waals surface area (Å²) in [6, 6.07) is 20.6. The topological polar surface area (TPSA) is 0 Å². The molecule has 2 aromatic carbocycles. The summed E-state index contributed by atoms with van der Waals surface area (Å²) in [7, 11) is 1.50. The van der Waals surface area contributed by atoms with Crippen LogP contribution in [0, 0.1) is 0 Å². The summed E-state index contributed by atoms with van der Waals surface area (Å²) in [6.45, 7) is 0. The summed E-state index contributed by atoms with van der Waals surface area (Å²) in [5.74, 6) is 0. The van der Waals surface area contributed by atoms with Crippen molar-refractivity contribution in [2.45, 2.75) is 4.90 Å². The van der Waals surface area contributed by atoms with E-state index in [0.717, 1.165) is 0 Å². The summed E-state index contributed by atoms with van der Waals surface area (Å²) in [5.41, 5.74) is 0. The molecule has 0 aliphatic carbocycles. The van der Waals surface area contributed by atoms with Crippen molar-refractivity contribution in [3.8, 4) is 0 Å². The van der Waals surface area contributed by atoms with E-state index in [1.807, 2.05) is 36.4 Å². The van der Waals surface area contributed by atoms with E-state index in [9.17, 15) is 0 Å². The molecule has 0 spiro atoms. The third kappa shape index (κ3) is 3.55. The fourth-order valence-electron chi connectivity index (χ4n) is 1.35. The predicted molar refractivity (Wildman–Crippen MR) is 89.2 cm³/mol. The molecule has 0 aliphatic heterocycles. The third-order valence-electron chi connectivity index (χ3n) is 2.15. The SMILES string of the molecule is S=P(SS)(Sc1ccccc1)c1ccccc1. The van der Waals surface area contributed by atoms with Crippen LogP contribution < -0.4 is 5.30 Å². The van der Waals surface area contributed by atoms with Crippen molar-refractivity contribution in [3.05, 3.63) is 60.7 Å². The van der Waals surface area contributed by atoms with Crippen LogP contribution in [-0.2, 0) is 11.8 Å². The molecule has 2 aromatic rings. The van der Waals surface area contributed by atoms with Gasteiger partial charge in [0.25, 0.3) is 0 Å². The molecular weight excluding hydrogens is 303 g/mol. The van der Waals surface area contributed by atoms with Gasteiger partial charge in [-0.25, -0.2) is 0 Å². The van der Waals surface area contributed by atoms with Crippen LogP contribution in [0.1, 0.15) is 0 Å². The summed E-state index contributed by atoms with van der Waals surface area (Å²) in [6.07, 6.45) is 0. The number of hydrogen-bond acceptors (Lipinski definition) is 4. The van der Waals surface area contributed by atoms with E-state index in [1.54, 1.807) is 11.4 Å². The Balaban J connectivity index is 2.30. The van der Waals surface area contributed by atoms with Gasteiger partial charge in [-0.15, -0.1) is 11.7 Å². The maximum absolute atomic E-state index is 5.81. The highest BCUT2D eigenvalue weighted by Gasteiger charge is 2.20. The average molecular weight is 314 g/mol. The highest BCUT2D eigenvalue weighted by Crippen LogP contribution is 2.71. The van der Waals surface area contributed by atoms with Crippen LogP contribution in [0.4, 0.5) is 0 Å². The Morgan fingerprint density at radius 1 is 0.882 bits per heavy atom. The first kappa shape index (κ1) is 13.6. The molecule has 0 aromatic heterocycles. The number of thiol groups is 1. The Hall–Kier alpha value is 0.140. The largest absolute Gasteiger partial charge is 0.105 e. The van der Waals surface area contributed by atoms with Crippen molar-refractivity contribution in [2.75, 3.05) is 0 Å². The van der Waals surface area contributed by atoms with Gasteiger partial charge in [0.2, 0.25) is 0 Å². The number of rotatable bonds is 4. The van der Waals surface area contributed by atoms with Gasteiger partial charge in [0, 0.05) is 10.2 Å². The van der Waals surface area contributed by atoms with E-state index < -0.39 is 4.44 Å². The van der Waals surface area contributed by atoms with Crippen molar-refractivity contribution in [1.29, 1.82) is 0 Å². The van der Waals surface area contributed by atoms with Gasteiger partial charge in [-0.3, -0.25) is 0 Å². The molecule has 0 fully saturated rings. The molecule has 17 heavy (non-hydrogen) atoms. The Labute approximate surface area is 120 Å². The van der Waals surface area contributed by atoms with Gasteiger partial charge in [0.15, 0.2) is 0 Å². The molecule has 5 heteroatoms. The lowest BCUT2D eigenvalue weighted by molar-refractivity contribution is 1.48. The molecule has 0 nitrogen and oxygen atoms in total. The first-order chi connectivity index (χ1) is 8.24. The maximum atomic E-state index is 5.81. The lowest BCUT2D eigenvalue weighted by Crippen LogP contribution is -1.96. The van der Waals surface area contributed by atoms with Gasteiger partial charge < -0.3 is 0 Å². The Morgan fingerprint density at radius 3 is 1.94 bits per heavy atom. The molecular formula is C12H11PS4. The highest BCUT2D eigenvalue weighted by atomic mass is 33.5. The van der Waals surface area contributed by atoms with Gasteiger partial charge >= 0.3 is 0 Å². The lowest BCUT2D eigenvalue weighted by Gasteiger charge is -2.18. The molecule has 2 rings (SSSR count). The molecule has 1 atom stereocenters. The van der Waals surface area contributed by atoms with Crippen LogP contribution >= 0.6 is 37.9 Å². The van der Waals surface area contributed by atoms with E-state index in [0.29, 0.717) is 0 Å². The monoisotopic (exact) mass is 314 g/mol. The van der Waals surface area contributed by atoms with Crippen LogP contribution in [0.3, 0.4) is 0 Å². The first-order valence-electron chi connectivity index (χ1n) is 4.98. The minimum Gasteiger partial charge on any atom is -0.105 e. The quantitative estimate of drug-likeness (QED) is 0.480. The van der Waals surface area contributed by atoms with Crippen LogP contribution in [0.2, 0.25) is 0 Å². The molecule has 0 bridgehead atoms. The van der Waals surface area contributed by atoms with Crippen LogP contribution in [0.15, 0.2) is 65.6 Å². The summed E-state index contributed by atoms with van der Waals surface area (Å²) in [5, 5.41) is 1.21. The smallest absolute Gasteiger partial charge is 0.0994 e. The van der Waals surface area contributed by atoms with Crippen molar-refractivity contribution in [2.24, 2.45) is 0 Å². The number of benzene rings is 2. The summed E-state index contributed by atoms with van der Waals surface area (Å²) >= 11 is 12.0. The second-order valence-electron chi connectivity index (χ2n) is 3.32. The first-order valence-corrected chi connectivity index (χ1v) is 11.7. The highest BCUT2D eigenvalue weighted by molar-refractivity contribution is 9.17. The Bertz CT molecular complexity index is 513. The average Bonchev–Trinajstić information content (AvgIpc) is 2.41. The molecule has 0 amide bonds. The van der Waals surface area contributed by atoms with Crippen molar-refractivity contribution < 1.29 is 0 Å². The van der Waals surface area contributed by atoms with Crippen LogP contribution in [0.5, 0.6) is 0 Å². The second kappa shape index (κ2) is 6.35. The molecule has 88 valence electrons. The fourth-order valence-corrected chi connectivity index (χ4v) is 9.26. The minimum absolute atomic E-state index is 1.21. The van der Waals surface area contributed by atoms with Gasteiger partial charge in [-0.05, 0) is 22.5 Å².